The van der Waals surface area contributed by atoms with Crippen LogP contribution in [0.25, 0.3) is 0 Å². The molecule has 0 bridgehead atoms. The second-order valence-electron chi connectivity index (χ2n) is 3.49. The van der Waals surface area contributed by atoms with Gasteiger partial charge in [0.1, 0.15) is 5.78 Å². The maximum Gasteiger partial charge on any atom is 0.135 e. The molecule has 0 N–H and O–H groups in total. The van der Waals surface area contributed by atoms with E-state index in [2.05, 4.69) is 4.98 Å². The summed E-state index contributed by atoms with van der Waals surface area (Å²) in [5.74, 6) is 0.480. The van der Waals surface area contributed by atoms with Crippen LogP contribution in [0.3, 0.4) is 0 Å². The number of aromatic nitrogens is 1. The maximum atomic E-state index is 11.3. The summed E-state index contributed by atoms with van der Waals surface area (Å²) in [4.78, 5) is 16.7. The summed E-state index contributed by atoms with van der Waals surface area (Å²) in [6.45, 7) is 5.91. The van der Waals surface area contributed by atoms with E-state index in [1.165, 1.54) is 4.88 Å². The molecule has 0 atom stereocenters. The van der Waals surface area contributed by atoms with Crippen LogP contribution in [0.4, 0.5) is 0 Å². The van der Waals surface area contributed by atoms with Gasteiger partial charge in [0, 0.05) is 29.8 Å². The number of nitrogens with zero attached hydrogens (tertiary/aromatic N) is 1. The minimum absolute atomic E-state index is 0.154. The molecule has 0 fully saturated rings. The van der Waals surface area contributed by atoms with E-state index in [1.54, 1.807) is 11.3 Å². The Balaban J connectivity index is 2.39. The predicted molar refractivity (Wildman–Crippen MR) is 55.0 cm³/mol. The van der Waals surface area contributed by atoms with Crippen molar-refractivity contribution in [3.8, 4) is 0 Å². The van der Waals surface area contributed by atoms with Gasteiger partial charge in [0.15, 0.2) is 0 Å². The summed E-state index contributed by atoms with van der Waals surface area (Å²) in [7, 11) is 0. The van der Waals surface area contributed by atoms with Gasteiger partial charge in [-0.1, -0.05) is 13.8 Å². The number of carbonyl (C=O) groups is 1. The van der Waals surface area contributed by atoms with Crippen LogP contribution in [0.1, 0.15) is 30.2 Å². The number of Topliss-reactive ketones (excluding diaryl/α,β-unsaturated/α-hetero) is 1. The van der Waals surface area contributed by atoms with Crippen molar-refractivity contribution >= 4 is 17.1 Å². The molecule has 0 spiro atoms. The molecule has 3 heteroatoms. The Morgan fingerprint density at radius 2 is 2.31 bits per heavy atom. The molecule has 0 aliphatic carbocycles. The second-order valence-corrected chi connectivity index (χ2v) is 4.80. The average Bonchev–Trinajstić information content (AvgIpc) is 2.47. The van der Waals surface area contributed by atoms with E-state index in [4.69, 9.17) is 0 Å². The third-order valence-electron chi connectivity index (χ3n) is 1.90. The number of hydrogen-bond acceptors (Lipinski definition) is 3. The minimum atomic E-state index is 0.154. The van der Waals surface area contributed by atoms with Gasteiger partial charge in [-0.15, -0.1) is 11.3 Å². The Kier molecular flexibility index (Phi) is 3.60. The van der Waals surface area contributed by atoms with Crippen molar-refractivity contribution in [3.63, 3.8) is 0 Å². The molecule has 0 aromatic carbocycles. The Bertz CT molecular complexity index is 291. The van der Waals surface area contributed by atoms with Crippen molar-refractivity contribution in [2.75, 3.05) is 0 Å². The Labute approximate surface area is 83.0 Å². The number of carbonyl (C=O) groups excluding carboxylic acids is 1. The second kappa shape index (κ2) is 4.51. The van der Waals surface area contributed by atoms with E-state index in [-0.39, 0.29) is 5.92 Å². The van der Waals surface area contributed by atoms with Gasteiger partial charge in [-0.25, -0.2) is 4.98 Å². The molecule has 1 heterocycles. The van der Waals surface area contributed by atoms with Gasteiger partial charge in [-0.05, 0) is 6.92 Å². The predicted octanol–water partition coefficient (Wildman–Crippen LogP) is 2.61. The summed E-state index contributed by atoms with van der Waals surface area (Å²) >= 11 is 1.68. The van der Waals surface area contributed by atoms with Gasteiger partial charge in [-0.2, -0.15) is 0 Å². The molecule has 1 rings (SSSR count). The fourth-order valence-electron chi connectivity index (χ4n) is 1.04. The maximum absolute atomic E-state index is 11.3. The van der Waals surface area contributed by atoms with Crippen LogP contribution < -0.4 is 0 Å². The van der Waals surface area contributed by atoms with Crippen molar-refractivity contribution < 1.29 is 4.79 Å². The van der Waals surface area contributed by atoms with Gasteiger partial charge in [-0.3, -0.25) is 4.79 Å². The summed E-state index contributed by atoms with van der Waals surface area (Å²) in [6.07, 6.45) is 3.29. The first-order chi connectivity index (χ1) is 6.09. The molecule has 1 aromatic heterocycles. The van der Waals surface area contributed by atoms with Crippen molar-refractivity contribution in [2.45, 2.75) is 33.6 Å². The van der Waals surface area contributed by atoms with E-state index in [1.807, 2.05) is 27.0 Å². The van der Waals surface area contributed by atoms with Gasteiger partial charge in [0.25, 0.3) is 0 Å². The number of thiazole rings is 1. The summed E-state index contributed by atoms with van der Waals surface area (Å²) in [5.41, 5.74) is 0. The molecule has 0 saturated carbocycles. The lowest BCUT2D eigenvalue weighted by molar-refractivity contribution is -0.121. The quantitative estimate of drug-likeness (QED) is 0.742. The van der Waals surface area contributed by atoms with Gasteiger partial charge in [0.2, 0.25) is 0 Å². The smallest absolute Gasteiger partial charge is 0.135 e. The molecule has 0 amide bonds. The highest BCUT2D eigenvalue weighted by Gasteiger charge is 2.08. The van der Waals surface area contributed by atoms with Crippen LogP contribution in [0.2, 0.25) is 0 Å². The molecule has 0 unspecified atom stereocenters. The zero-order valence-corrected chi connectivity index (χ0v) is 9.15. The first-order valence-electron chi connectivity index (χ1n) is 4.53. The number of hydrogen-bond donors (Lipinski definition) is 0. The van der Waals surface area contributed by atoms with Gasteiger partial charge >= 0.3 is 0 Å². The number of aryl methyl sites for hydroxylation is 2. The van der Waals surface area contributed by atoms with Crippen LogP contribution >= 0.6 is 11.3 Å². The highest BCUT2D eigenvalue weighted by molar-refractivity contribution is 7.11. The number of rotatable bonds is 4. The lowest BCUT2D eigenvalue weighted by Crippen LogP contribution is -2.07. The standard InChI is InChI=1S/C10H15NOS/c1-7(2)9(12)4-5-10-11-6-8(3)13-10/h6-7H,4-5H2,1-3H3. The zero-order chi connectivity index (χ0) is 9.84. The van der Waals surface area contributed by atoms with Crippen molar-refractivity contribution in [3.05, 3.63) is 16.1 Å². The third-order valence-corrected chi connectivity index (χ3v) is 2.87. The Morgan fingerprint density at radius 1 is 1.62 bits per heavy atom. The third kappa shape index (κ3) is 3.27. The van der Waals surface area contributed by atoms with Crippen LogP contribution in [0.5, 0.6) is 0 Å². The minimum Gasteiger partial charge on any atom is -0.299 e. The van der Waals surface area contributed by atoms with Crippen molar-refractivity contribution in [1.29, 1.82) is 0 Å². The normalized spacial score (nSPS) is 10.8. The van der Waals surface area contributed by atoms with E-state index in [0.29, 0.717) is 12.2 Å². The first kappa shape index (κ1) is 10.4. The molecule has 72 valence electrons. The Hall–Kier alpha value is -0.700. The Morgan fingerprint density at radius 3 is 2.77 bits per heavy atom. The molecule has 1 aromatic rings. The summed E-state index contributed by atoms with van der Waals surface area (Å²) in [5, 5.41) is 1.08. The van der Waals surface area contributed by atoms with Crippen molar-refractivity contribution in [2.24, 2.45) is 5.92 Å². The van der Waals surface area contributed by atoms with Gasteiger partial charge < -0.3 is 0 Å². The molecule has 0 radical (unpaired) electrons. The first-order valence-corrected chi connectivity index (χ1v) is 5.35. The molecule has 2 nitrogen and oxygen atoms in total. The lowest BCUT2D eigenvalue weighted by Gasteiger charge is -2.00. The van der Waals surface area contributed by atoms with E-state index >= 15 is 0 Å². The lowest BCUT2D eigenvalue weighted by atomic mass is 10.1. The molecule has 0 aliphatic rings. The highest BCUT2D eigenvalue weighted by atomic mass is 32.1. The topological polar surface area (TPSA) is 30.0 Å². The van der Waals surface area contributed by atoms with Crippen molar-refractivity contribution in [1.82, 2.24) is 4.98 Å². The largest absolute Gasteiger partial charge is 0.299 e. The van der Waals surface area contributed by atoms with E-state index < -0.39 is 0 Å². The molecular weight excluding hydrogens is 182 g/mol. The van der Waals surface area contributed by atoms with E-state index in [0.717, 1.165) is 11.4 Å². The fraction of sp³-hybridized carbons (Fsp3) is 0.600. The monoisotopic (exact) mass is 197 g/mol. The molecule has 0 saturated heterocycles. The van der Waals surface area contributed by atoms with Crippen LogP contribution in [-0.2, 0) is 11.2 Å². The van der Waals surface area contributed by atoms with E-state index in [9.17, 15) is 4.79 Å². The summed E-state index contributed by atoms with van der Waals surface area (Å²) < 4.78 is 0. The SMILES string of the molecule is Cc1cnc(CCC(=O)C(C)C)s1. The van der Waals surface area contributed by atoms with Crippen LogP contribution in [0, 0.1) is 12.8 Å². The van der Waals surface area contributed by atoms with Crippen LogP contribution in [0.15, 0.2) is 6.20 Å². The fourth-order valence-corrected chi connectivity index (χ4v) is 1.82. The molecule has 13 heavy (non-hydrogen) atoms. The highest BCUT2D eigenvalue weighted by Crippen LogP contribution is 2.14. The van der Waals surface area contributed by atoms with Gasteiger partial charge in [0.05, 0.1) is 5.01 Å². The molecular formula is C10H15NOS. The average molecular weight is 197 g/mol. The zero-order valence-electron chi connectivity index (χ0n) is 8.33. The number of ketones is 1. The molecule has 0 aliphatic heterocycles. The van der Waals surface area contributed by atoms with Crippen LogP contribution in [-0.4, -0.2) is 10.8 Å². The summed E-state index contributed by atoms with van der Waals surface area (Å²) in [6, 6.07) is 0.